The predicted molar refractivity (Wildman–Crippen MR) is 83.4 cm³/mol. The van der Waals surface area contributed by atoms with Gasteiger partial charge in [0.25, 0.3) is 0 Å². The second kappa shape index (κ2) is 6.58. The van der Waals surface area contributed by atoms with Crippen LogP contribution in [0, 0.1) is 0 Å². The average Bonchev–Trinajstić information content (AvgIpc) is 2.98. The molecule has 0 fully saturated rings. The molecule has 1 aromatic carbocycles. The van der Waals surface area contributed by atoms with E-state index in [0.717, 1.165) is 36.3 Å². The molecule has 0 bridgehead atoms. The Hall–Kier alpha value is -2.08. The van der Waals surface area contributed by atoms with E-state index in [1.807, 2.05) is 23.1 Å². The van der Waals surface area contributed by atoms with Gasteiger partial charge in [-0.15, -0.1) is 12.4 Å². The van der Waals surface area contributed by atoms with Crippen LogP contribution < -0.4 is 10.6 Å². The highest BCUT2D eigenvalue weighted by molar-refractivity contribution is 5.95. The number of benzene rings is 1. The van der Waals surface area contributed by atoms with Gasteiger partial charge in [-0.3, -0.25) is 9.48 Å². The van der Waals surface area contributed by atoms with Gasteiger partial charge in [-0.2, -0.15) is 5.10 Å². The summed E-state index contributed by atoms with van der Waals surface area (Å²) < 4.78 is 1.67. The number of carbonyl (C=O) groups excluding carboxylic acids is 1. The highest BCUT2D eigenvalue weighted by atomic mass is 35.5. The van der Waals surface area contributed by atoms with Gasteiger partial charge < -0.3 is 10.6 Å². The second-order valence-electron chi connectivity index (χ2n) is 4.90. The number of anilines is 2. The third-order valence-electron chi connectivity index (χ3n) is 3.61. The van der Waals surface area contributed by atoms with Gasteiger partial charge in [0.1, 0.15) is 12.7 Å². The molecule has 2 aromatic rings. The van der Waals surface area contributed by atoms with E-state index in [9.17, 15) is 4.79 Å². The van der Waals surface area contributed by atoms with Crippen molar-refractivity contribution >= 4 is 29.7 Å². The first-order valence-electron chi connectivity index (χ1n) is 6.76. The van der Waals surface area contributed by atoms with Gasteiger partial charge in [0.2, 0.25) is 5.91 Å². The van der Waals surface area contributed by atoms with Crippen molar-refractivity contribution in [1.82, 2.24) is 14.8 Å². The molecule has 3 rings (SSSR count). The number of halogens is 1. The van der Waals surface area contributed by atoms with E-state index < -0.39 is 0 Å². The molecule has 0 aliphatic carbocycles. The van der Waals surface area contributed by atoms with Crippen molar-refractivity contribution in [2.45, 2.75) is 25.8 Å². The molecular weight excluding hydrogens is 290 g/mol. The lowest BCUT2D eigenvalue weighted by atomic mass is 9.99. The first kappa shape index (κ1) is 15.3. The Morgan fingerprint density at radius 1 is 1.38 bits per heavy atom. The Kier molecular flexibility index (Phi) is 4.80. The Labute approximate surface area is 129 Å². The van der Waals surface area contributed by atoms with E-state index in [-0.39, 0.29) is 18.3 Å². The number of nitrogen functional groups attached to an aromatic ring is 1. The number of hydrogen-bond acceptors (Lipinski definition) is 4. The van der Waals surface area contributed by atoms with Crippen LogP contribution in [0.25, 0.3) is 0 Å². The number of nitrogens with zero attached hydrogens (tertiary/aromatic N) is 4. The number of amides is 1. The molecule has 7 heteroatoms. The smallest absolute Gasteiger partial charge is 0.228 e. The third kappa shape index (κ3) is 3.16. The molecule has 1 aliphatic heterocycles. The molecule has 2 heterocycles. The molecule has 2 N–H and O–H groups in total. The van der Waals surface area contributed by atoms with E-state index in [1.54, 1.807) is 11.0 Å². The molecule has 21 heavy (non-hydrogen) atoms. The first-order valence-corrected chi connectivity index (χ1v) is 6.76. The van der Waals surface area contributed by atoms with Crippen LogP contribution in [0.4, 0.5) is 11.4 Å². The Balaban J connectivity index is 0.00000161. The summed E-state index contributed by atoms with van der Waals surface area (Å²) in [7, 11) is 0. The number of hydrogen-bond donors (Lipinski definition) is 1. The molecule has 0 unspecified atom stereocenters. The molecule has 0 saturated heterocycles. The van der Waals surface area contributed by atoms with E-state index in [4.69, 9.17) is 5.73 Å². The summed E-state index contributed by atoms with van der Waals surface area (Å²) in [5.41, 5.74) is 8.82. The SMILES string of the molecule is Cl.Nc1cccc2c1CCCN2C(=O)CCn1cncn1. The summed E-state index contributed by atoms with van der Waals surface area (Å²) in [6, 6.07) is 5.76. The molecule has 1 amide bonds. The van der Waals surface area contributed by atoms with Gasteiger partial charge in [0, 0.05) is 24.3 Å². The monoisotopic (exact) mass is 307 g/mol. The summed E-state index contributed by atoms with van der Waals surface area (Å²) in [6.45, 7) is 1.31. The minimum absolute atomic E-state index is 0. The average molecular weight is 308 g/mol. The zero-order chi connectivity index (χ0) is 13.9. The predicted octanol–water partition coefficient (Wildman–Crippen LogP) is 1.65. The van der Waals surface area contributed by atoms with Gasteiger partial charge in [-0.05, 0) is 30.5 Å². The molecule has 112 valence electrons. The molecule has 1 aliphatic rings. The van der Waals surface area contributed by atoms with Crippen LogP contribution in [0.5, 0.6) is 0 Å². The van der Waals surface area contributed by atoms with Crippen molar-refractivity contribution in [2.75, 3.05) is 17.2 Å². The fraction of sp³-hybridized carbons (Fsp3) is 0.357. The van der Waals surface area contributed by atoms with Crippen LogP contribution in [-0.2, 0) is 17.8 Å². The lowest BCUT2D eigenvalue weighted by Gasteiger charge is -2.30. The minimum atomic E-state index is 0. The van der Waals surface area contributed by atoms with Crippen molar-refractivity contribution in [3.8, 4) is 0 Å². The van der Waals surface area contributed by atoms with Gasteiger partial charge in [-0.25, -0.2) is 4.98 Å². The third-order valence-corrected chi connectivity index (χ3v) is 3.61. The maximum absolute atomic E-state index is 12.4. The summed E-state index contributed by atoms with van der Waals surface area (Å²) in [5, 5.41) is 4.01. The van der Waals surface area contributed by atoms with Crippen LogP contribution in [0.1, 0.15) is 18.4 Å². The molecule has 1 aromatic heterocycles. The molecule has 6 nitrogen and oxygen atoms in total. The number of carbonyl (C=O) groups is 1. The maximum Gasteiger partial charge on any atom is 0.228 e. The van der Waals surface area contributed by atoms with Crippen LogP contribution in [0.3, 0.4) is 0 Å². The van der Waals surface area contributed by atoms with Crippen molar-refractivity contribution in [3.63, 3.8) is 0 Å². The molecule has 0 atom stereocenters. The quantitative estimate of drug-likeness (QED) is 0.875. The Morgan fingerprint density at radius 2 is 2.24 bits per heavy atom. The fourth-order valence-corrected chi connectivity index (χ4v) is 2.60. The summed E-state index contributed by atoms with van der Waals surface area (Å²) in [5.74, 6) is 0.104. The van der Waals surface area contributed by atoms with Gasteiger partial charge >= 0.3 is 0 Å². The Bertz CT molecular complexity index is 614. The number of rotatable bonds is 3. The molecule has 0 spiro atoms. The summed E-state index contributed by atoms with van der Waals surface area (Å²) >= 11 is 0. The van der Waals surface area contributed by atoms with Gasteiger partial charge in [0.05, 0.1) is 6.54 Å². The van der Waals surface area contributed by atoms with E-state index in [0.29, 0.717) is 13.0 Å². The number of fused-ring (bicyclic) bond motifs is 1. The van der Waals surface area contributed by atoms with Crippen molar-refractivity contribution in [2.24, 2.45) is 0 Å². The van der Waals surface area contributed by atoms with Crippen LogP contribution in [-0.4, -0.2) is 27.2 Å². The molecule has 0 radical (unpaired) electrons. The van der Waals surface area contributed by atoms with Crippen molar-refractivity contribution in [3.05, 3.63) is 36.4 Å². The maximum atomic E-state index is 12.4. The summed E-state index contributed by atoms with van der Waals surface area (Å²) in [4.78, 5) is 18.1. The van der Waals surface area contributed by atoms with Crippen molar-refractivity contribution < 1.29 is 4.79 Å². The van der Waals surface area contributed by atoms with Gasteiger partial charge in [-0.1, -0.05) is 6.07 Å². The number of aromatic nitrogens is 3. The fourth-order valence-electron chi connectivity index (χ4n) is 2.60. The molecular formula is C14H18ClN5O. The zero-order valence-corrected chi connectivity index (χ0v) is 12.4. The largest absolute Gasteiger partial charge is 0.398 e. The van der Waals surface area contributed by atoms with Crippen molar-refractivity contribution in [1.29, 1.82) is 0 Å². The standard InChI is InChI=1S/C14H17N5O.ClH/c15-12-4-1-5-13-11(12)3-2-7-19(13)14(20)6-8-18-10-16-9-17-18;/h1,4-5,9-10H,2-3,6-8,15H2;1H. The zero-order valence-electron chi connectivity index (χ0n) is 11.6. The number of aryl methyl sites for hydroxylation is 1. The van der Waals surface area contributed by atoms with E-state index in [2.05, 4.69) is 10.1 Å². The lowest BCUT2D eigenvalue weighted by Crippen LogP contribution is -2.36. The van der Waals surface area contributed by atoms with Gasteiger partial charge in [0.15, 0.2) is 0 Å². The highest BCUT2D eigenvalue weighted by Gasteiger charge is 2.23. The highest BCUT2D eigenvalue weighted by Crippen LogP contribution is 2.31. The van der Waals surface area contributed by atoms with E-state index in [1.165, 1.54) is 6.33 Å². The van der Waals surface area contributed by atoms with E-state index >= 15 is 0 Å². The summed E-state index contributed by atoms with van der Waals surface area (Å²) in [6.07, 6.45) is 5.40. The lowest BCUT2D eigenvalue weighted by molar-refractivity contribution is -0.119. The van der Waals surface area contributed by atoms with Crippen LogP contribution in [0.2, 0.25) is 0 Å². The first-order chi connectivity index (χ1) is 9.75. The number of nitrogens with two attached hydrogens (primary N) is 1. The Morgan fingerprint density at radius 3 is 3.00 bits per heavy atom. The van der Waals surface area contributed by atoms with Crippen LogP contribution >= 0.6 is 12.4 Å². The molecule has 0 saturated carbocycles. The van der Waals surface area contributed by atoms with Crippen LogP contribution in [0.15, 0.2) is 30.9 Å². The second-order valence-corrected chi connectivity index (χ2v) is 4.90. The normalized spacial score (nSPS) is 13.4. The minimum Gasteiger partial charge on any atom is -0.398 e. The topological polar surface area (TPSA) is 77.0 Å².